The van der Waals surface area contributed by atoms with Crippen LogP contribution in [0.15, 0.2) is 94.9 Å². The maximum absolute atomic E-state index is 12.6. The van der Waals surface area contributed by atoms with Crippen LogP contribution >= 0.6 is 0 Å². The zero-order valence-electron chi connectivity index (χ0n) is 13.6. The molecule has 26 heavy (non-hydrogen) atoms. The van der Waals surface area contributed by atoms with Gasteiger partial charge in [0.2, 0.25) is 15.7 Å². The summed E-state index contributed by atoms with van der Waals surface area (Å²) in [6.45, 7) is 0. The molecular weight excluding hydrogens is 348 g/mol. The Balaban J connectivity index is 1.59. The minimum absolute atomic E-state index is 0.209. The van der Waals surface area contributed by atoms with Gasteiger partial charge >= 0.3 is 0 Å². The normalized spacial score (nSPS) is 11.4. The van der Waals surface area contributed by atoms with Crippen LogP contribution in [-0.4, -0.2) is 18.4 Å². The molecule has 0 N–H and O–H groups in total. The summed E-state index contributed by atoms with van der Waals surface area (Å²) in [6, 6.07) is 22.1. The molecule has 0 unspecified atom stereocenters. The van der Waals surface area contributed by atoms with Crippen molar-refractivity contribution in [3.8, 4) is 11.6 Å². The van der Waals surface area contributed by atoms with Crippen LogP contribution < -0.4 is 4.74 Å². The largest absolute Gasteiger partial charge is 0.437 e. The lowest BCUT2D eigenvalue weighted by Crippen LogP contribution is -2.01. The molecule has 0 amide bonds. The van der Waals surface area contributed by atoms with Crippen molar-refractivity contribution in [3.05, 3.63) is 85.1 Å². The topological polar surface area (TPSA) is 69.2 Å². The average molecular weight is 362 g/mol. The van der Waals surface area contributed by atoms with E-state index in [2.05, 4.69) is 9.97 Å². The molecule has 0 radical (unpaired) electrons. The van der Waals surface area contributed by atoms with Gasteiger partial charge in [0, 0.05) is 0 Å². The predicted molar refractivity (Wildman–Crippen MR) is 97.9 cm³/mol. The highest BCUT2D eigenvalue weighted by molar-refractivity contribution is 7.91. The van der Waals surface area contributed by atoms with Gasteiger partial charge in [-0.05, 0) is 48.5 Å². The van der Waals surface area contributed by atoms with Crippen LogP contribution in [0.4, 0.5) is 0 Å². The predicted octanol–water partition coefficient (Wildman–Crippen LogP) is 4.25. The molecule has 0 saturated carbocycles. The SMILES string of the molecule is O=S(=O)(c1ccccc1)c1ccc(Oc2cnc3ccccc3n2)cc1. The van der Waals surface area contributed by atoms with Gasteiger partial charge in [-0.3, -0.25) is 0 Å². The number of sulfone groups is 1. The summed E-state index contributed by atoms with van der Waals surface area (Å²) in [5.74, 6) is 0.837. The maximum Gasteiger partial charge on any atom is 0.238 e. The monoisotopic (exact) mass is 362 g/mol. The van der Waals surface area contributed by atoms with E-state index in [1.54, 1.807) is 42.5 Å². The van der Waals surface area contributed by atoms with E-state index in [9.17, 15) is 8.42 Å². The standard InChI is InChI=1S/C20H14N2O3S/c23-26(24,16-6-2-1-3-7-16)17-12-10-15(11-13-17)25-20-14-21-18-8-4-5-9-19(18)22-20/h1-14H. The maximum atomic E-state index is 12.6. The first kappa shape index (κ1) is 16.2. The average Bonchev–Trinajstić information content (AvgIpc) is 2.69. The third kappa shape index (κ3) is 3.14. The first-order valence-electron chi connectivity index (χ1n) is 7.93. The number of nitrogens with zero attached hydrogens (tertiary/aromatic N) is 2. The number of hydrogen-bond donors (Lipinski definition) is 0. The van der Waals surface area contributed by atoms with E-state index in [1.165, 1.54) is 18.3 Å². The van der Waals surface area contributed by atoms with Crippen molar-refractivity contribution >= 4 is 20.9 Å². The van der Waals surface area contributed by atoms with Crippen LogP contribution in [0.3, 0.4) is 0 Å². The second-order valence-electron chi connectivity index (χ2n) is 5.59. The molecule has 0 aliphatic carbocycles. The molecule has 4 aromatic rings. The van der Waals surface area contributed by atoms with Crippen LogP contribution in [0.25, 0.3) is 11.0 Å². The second kappa shape index (κ2) is 6.57. The number of para-hydroxylation sites is 2. The second-order valence-corrected chi connectivity index (χ2v) is 7.54. The molecule has 6 heteroatoms. The highest BCUT2D eigenvalue weighted by atomic mass is 32.2. The number of rotatable bonds is 4. The van der Waals surface area contributed by atoms with Crippen molar-refractivity contribution in [2.45, 2.75) is 9.79 Å². The Kier molecular flexibility index (Phi) is 4.10. The molecule has 1 aromatic heterocycles. The lowest BCUT2D eigenvalue weighted by atomic mass is 10.3. The first-order valence-corrected chi connectivity index (χ1v) is 9.41. The zero-order valence-corrected chi connectivity index (χ0v) is 14.4. The van der Waals surface area contributed by atoms with E-state index in [1.807, 2.05) is 24.3 Å². The third-order valence-corrected chi connectivity index (χ3v) is 5.62. The molecule has 0 spiro atoms. The third-order valence-electron chi connectivity index (χ3n) is 3.84. The van der Waals surface area contributed by atoms with Gasteiger partial charge in [-0.1, -0.05) is 30.3 Å². The van der Waals surface area contributed by atoms with Crippen molar-refractivity contribution in [2.75, 3.05) is 0 Å². The number of ether oxygens (including phenoxy) is 1. The van der Waals surface area contributed by atoms with Crippen molar-refractivity contribution in [1.29, 1.82) is 0 Å². The number of hydrogen-bond acceptors (Lipinski definition) is 5. The molecule has 0 atom stereocenters. The number of fused-ring (bicyclic) bond motifs is 1. The highest BCUT2D eigenvalue weighted by Crippen LogP contribution is 2.25. The summed E-state index contributed by atoms with van der Waals surface area (Å²) in [5, 5.41) is 0. The summed E-state index contributed by atoms with van der Waals surface area (Å²) >= 11 is 0. The quantitative estimate of drug-likeness (QED) is 0.543. The van der Waals surface area contributed by atoms with Gasteiger partial charge in [0.25, 0.3) is 0 Å². The molecule has 128 valence electrons. The molecule has 0 aliphatic rings. The van der Waals surface area contributed by atoms with E-state index in [0.29, 0.717) is 11.6 Å². The molecule has 0 bridgehead atoms. The molecule has 5 nitrogen and oxygen atoms in total. The molecule has 4 rings (SSSR count). The first-order chi connectivity index (χ1) is 12.6. The van der Waals surface area contributed by atoms with Crippen LogP contribution in [0, 0.1) is 0 Å². The van der Waals surface area contributed by atoms with Gasteiger partial charge in [-0.2, -0.15) is 0 Å². The van der Waals surface area contributed by atoms with Crippen LogP contribution in [0.1, 0.15) is 0 Å². The molecule has 0 saturated heterocycles. The van der Waals surface area contributed by atoms with Crippen LogP contribution in [0.2, 0.25) is 0 Å². The number of aromatic nitrogens is 2. The lowest BCUT2D eigenvalue weighted by Gasteiger charge is -2.07. The van der Waals surface area contributed by atoms with Gasteiger partial charge in [0.15, 0.2) is 0 Å². The Labute approximate surface area is 150 Å². The zero-order chi connectivity index (χ0) is 18.0. The van der Waals surface area contributed by atoms with Crippen molar-refractivity contribution in [2.24, 2.45) is 0 Å². The molecule has 0 aliphatic heterocycles. The molecule has 0 fully saturated rings. The van der Waals surface area contributed by atoms with Crippen molar-refractivity contribution in [1.82, 2.24) is 9.97 Å². The van der Waals surface area contributed by atoms with Gasteiger partial charge < -0.3 is 4.74 Å². The molecule has 3 aromatic carbocycles. The minimum Gasteiger partial charge on any atom is -0.437 e. The van der Waals surface area contributed by atoms with E-state index in [-0.39, 0.29) is 9.79 Å². The smallest absolute Gasteiger partial charge is 0.238 e. The van der Waals surface area contributed by atoms with Crippen molar-refractivity contribution in [3.63, 3.8) is 0 Å². The fraction of sp³-hybridized carbons (Fsp3) is 0. The fourth-order valence-electron chi connectivity index (χ4n) is 2.53. The molecule has 1 heterocycles. The van der Waals surface area contributed by atoms with E-state index in [4.69, 9.17) is 4.74 Å². The van der Waals surface area contributed by atoms with E-state index >= 15 is 0 Å². The Hall–Kier alpha value is -3.25. The van der Waals surface area contributed by atoms with Crippen LogP contribution in [-0.2, 0) is 9.84 Å². The fourth-order valence-corrected chi connectivity index (χ4v) is 3.81. The number of benzene rings is 3. The Morgan fingerprint density at radius 3 is 2.04 bits per heavy atom. The van der Waals surface area contributed by atoms with E-state index in [0.717, 1.165) is 11.0 Å². The molecular formula is C20H14N2O3S. The lowest BCUT2D eigenvalue weighted by molar-refractivity contribution is 0.462. The van der Waals surface area contributed by atoms with Gasteiger partial charge in [-0.15, -0.1) is 0 Å². The summed E-state index contributed by atoms with van der Waals surface area (Å²) < 4.78 is 30.9. The summed E-state index contributed by atoms with van der Waals surface area (Å²) in [6.07, 6.45) is 1.54. The van der Waals surface area contributed by atoms with Gasteiger partial charge in [0.05, 0.1) is 27.0 Å². The summed E-state index contributed by atoms with van der Waals surface area (Å²) in [4.78, 5) is 9.14. The van der Waals surface area contributed by atoms with E-state index < -0.39 is 9.84 Å². The minimum atomic E-state index is -3.54. The van der Waals surface area contributed by atoms with Gasteiger partial charge in [-0.25, -0.2) is 18.4 Å². The van der Waals surface area contributed by atoms with Crippen LogP contribution in [0.5, 0.6) is 11.6 Å². The Morgan fingerprint density at radius 2 is 1.31 bits per heavy atom. The van der Waals surface area contributed by atoms with Gasteiger partial charge in [0.1, 0.15) is 5.75 Å². The van der Waals surface area contributed by atoms with Crippen molar-refractivity contribution < 1.29 is 13.2 Å². The Morgan fingerprint density at radius 1 is 0.692 bits per heavy atom. The highest BCUT2D eigenvalue weighted by Gasteiger charge is 2.17. The summed E-state index contributed by atoms with van der Waals surface area (Å²) in [7, 11) is -3.54. The Bertz CT molecular complexity index is 1160. The summed E-state index contributed by atoms with van der Waals surface area (Å²) in [5.41, 5.74) is 1.51.